The number of carbonyl (C=O) groups is 1. The van der Waals surface area contributed by atoms with Gasteiger partial charge in [-0.3, -0.25) is 0 Å². The second-order valence-corrected chi connectivity index (χ2v) is 3.21. The van der Waals surface area contributed by atoms with Crippen molar-refractivity contribution in [1.29, 1.82) is 0 Å². The molecule has 3 heteroatoms. The molecular formula is C11H10O3. The maximum atomic E-state index is 11.1. The van der Waals surface area contributed by atoms with Crippen LogP contribution < -0.4 is 0 Å². The first-order chi connectivity index (χ1) is 6.70. The number of cyclic esters (lactones) is 1. The summed E-state index contributed by atoms with van der Waals surface area (Å²) in [4.78, 5) is 11.1. The smallest absolute Gasteiger partial charge is 0.336 e. The van der Waals surface area contributed by atoms with E-state index in [1.807, 2.05) is 18.2 Å². The quantitative estimate of drug-likeness (QED) is 0.534. The second-order valence-electron chi connectivity index (χ2n) is 3.21. The van der Waals surface area contributed by atoms with E-state index in [1.54, 1.807) is 12.1 Å². The summed E-state index contributed by atoms with van der Waals surface area (Å²) >= 11 is 0. The number of benzene rings is 1. The Hall–Kier alpha value is -1.61. The number of carbonyl (C=O) groups excluding carboxylic acids is 1. The number of rotatable bonds is 1. The van der Waals surface area contributed by atoms with Gasteiger partial charge in [0.25, 0.3) is 0 Å². The molecule has 0 aromatic heterocycles. The third-order valence-electron chi connectivity index (χ3n) is 2.27. The van der Waals surface area contributed by atoms with Crippen LogP contribution in [0.3, 0.4) is 0 Å². The lowest BCUT2D eigenvalue weighted by atomic mass is 10.0. The molecule has 1 N–H and O–H groups in total. The molecule has 72 valence electrons. The molecule has 0 radical (unpaired) electrons. The summed E-state index contributed by atoms with van der Waals surface area (Å²) in [6.07, 6.45) is -1.53. The lowest BCUT2D eigenvalue weighted by Crippen LogP contribution is -2.13. The van der Waals surface area contributed by atoms with Gasteiger partial charge in [-0.1, -0.05) is 36.9 Å². The van der Waals surface area contributed by atoms with Gasteiger partial charge in [0.1, 0.15) is 6.10 Å². The molecule has 0 spiro atoms. The van der Waals surface area contributed by atoms with E-state index in [1.165, 1.54) is 0 Å². The van der Waals surface area contributed by atoms with E-state index in [0.717, 1.165) is 5.56 Å². The zero-order valence-corrected chi connectivity index (χ0v) is 7.51. The molecule has 0 amide bonds. The van der Waals surface area contributed by atoms with Crippen molar-refractivity contribution in [2.24, 2.45) is 0 Å². The zero-order valence-electron chi connectivity index (χ0n) is 7.51. The fourth-order valence-corrected chi connectivity index (χ4v) is 1.45. The van der Waals surface area contributed by atoms with E-state index >= 15 is 0 Å². The molecule has 1 fully saturated rings. The molecular weight excluding hydrogens is 180 g/mol. The van der Waals surface area contributed by atoms with Crippen molar-refractivity contribution in [3.63, 3.8) is 0 Å². The van der Waals surface area contributed by atoms with Crippen LogP contribution in [0.1, 0.15) is 11.7 Å². The Bertz CT molecular complexity index is 369. The first-order valence-corrected chi connectivity index (χ1v) is 4.33. The lowest BCUT2D eigenvalue weighted by molar-refractivity contribution is -0.140. The Morgan fingerprint density at radius 2 is 1.93 bits per heavy atom. The van der Waals surface area contributed by atoms with Crippen molar-refractivity contribution in [2.45, 2.75) is 12.2 Å². The molecule has 0 aliphatic carbocycles. The number of aliphatic hydroxyl groups excluding tert-OH is 1. The Labute approximate surface area is 81.6 Å². The van der Waals surface area contributed by atoms with Gasteiger partial charge in [-0.15, -0.1) is 0 Å². The van der Waals surface area contributed by atoms with Crippen molar-refractivity contribution in [1.82, 2.24) is 0 Å². The fourth-order valence-electron chi connectivity index (χ4n) is 1.45. The predicted octanol–water partition coefficient (Wildman–Crippen LogP) is 1.20. The van der Waals surface area contributed by atoms with Gasteiger partial charge in [0.2, 0.25) is 0 Å². The topological polar surface area (TPSA) is 46.5 Å². The molecule has 1 aliphatic heterocycles. The summed E-state index contributed by atoms with van der Waals surface area (Å²) < 4.78 is 4.98. The molecule has 1 heterocycles. The molecule has 0 bridgehead atoms. The van der Waals surface area contributed by atoms with Crippen molar-refractivity contribution >= 4 is 5.97 Å². The minimum Gasteiger partial charge on any atom is -0.451 e. The Morgan fingerprint density at radius 3 is 2.43 bits per heavy atom. The van der Waals surface area contributed by atoms with Crippen LogP contribution in [0.15, 0.2) is 42.5 Å². The number of ether oxygens (including phenoxy) is 1. The highest BCUT2D eigenvalue weighted by molar-refractivity contribution is 5.91. The maximum Gasteiger partial charge on any atom is 0.336 e. The van der Waals surface area contributed by atoms with Crippen molar-refractivity contribution in [2.75, 3.05) is 0 Å². The Balaban J connectivity index is 2.30. The van der Waals surface area contributed by atoms with Gasteiger partial charge in [-0.25, -0.2) is 4.79 Å². The highest BCUT2D eigenvalue weighted by Crippen LogP contribution is 2.32. The Kier molecular flexibility index (Phi) is 2.09. The predicted molar refractivity (Wildman–Crippen MR) is 50.4 cm³/mol. The second kappa shape index (κ2) is 3.27. The highest BCUT2D eigenvalue weighted by atomic mass is 16.6. The summed E-state index contributed by atoms with van der Waals surface area (Å²) in [5, 5.41) is 9.64. The largest absolute Gasteiger partial charge is 0.451 e. The van der Waals surface area contributed by atoms with Crippen LogP contribution in [0.2, 0.25) is 0 Å². The highest BCUT2D eigenvalue weighted by Gasteiger charge is 2.37. The summed E-state index contributed by atoms with van der Waals surface area (Å²) in [6.45, 7) is 3.47. The van der Waals surface area contributed by atoms with Crippen LogP contribution in [0.5, 0.6) is 0 Å². The van der Waals surface area contributed by atoms with Gasteiger partial charge >= 0.3 is 5.97 Å². The standard InChI is InChI=1S/C11H10O3/c1-7-9(12)10(14-11(7)13)8-5-3-2-4-6-8/h2-6,9-10,12H,1H2/t9-,10-/m0/s1. The van der Waals surface area contributed by atoms with Crippen LogP contribution >= 0.6 is 0 Å². The zero-order chi connectivity index (χ0) is 10.1. The van der Waals surface area contributed by atoms with Gasteiger partial charge in [-0.05, 0) is 5.56 Å². The van der Waals surface area contributed by atoms with Crippen LogP contribution in [-0.2, 0) is 9.53 Å². The van der Waals surface area contributed by atoms with E-state index in [-0.39, 0.29) is 5.57 Å². The summed E-state index contributed by atoms with van der Waals surface area (Å²) in [7, 11) is 0. The fraction of sp³-hybridized carbons (Fsp3) is 0.182. The normalized spacial score (nSPS) is 26.4. The molecule has 1 aliphatic rings. The van der Waals surface area contributed by atoms with Crippen LogP contribution in [0, 0.1) is 0 Å². The molecule has 2 atom stereocenters. The third kappa shape index (κ3) is 1.32. The van der Waals surface area contributed by atoms with Gasteiger partial charge in [0.15, 0.2) is 6.10 Å². The van der Waals surface area contributed by atoms with Crippen LogP contribution in [-0.4, -0.2) is 17.2 Å². The van der Waals surface area contributed by atoms with E-state index in [9.17, 15) is 9.90 Å². The first kappa shape index (κ1) is 8.97. The molecule has 3 nitrogen and oxygen atoms in total. The first-order valence-electron chi connectivity index (χ1n) is 4.33. The van der Waals surface area contributed by atoms with Crippen molar-refractivity contribution in [3.05, 3.63) is 48.0 Å². The van der Waals surface area contributed by atoms with Gasteiger partial charge in [0.05, 0.1) is 5.57 Å². The molecule has 0 unspecified atom stereocenters. The molecule has 2 rings (SSSR count). The van der Waals surface area contributed by atoms with Gasteiger partial charge < -0.3 is 9.84 Å². The Morgan fingerprint density at radius 1 is 1.29 bits per heavy atom. The van der Waals surface area contributed by atoms with E-state index in [2.05, 4.69) is 6.58 Å². The van der Waals surface area contributed by atoms with Crippen LogP contribution in [0.4, 0.5) is 0 Å². The number of aliphatic hydroxyl groups is 1. The van der Waals surface area contributed by atoms with Gasteiger partial charge in [-0.2, -0.15) is 0 Å². The average molecular weight is 190 g/mol. The summed E-state index contributed by atoms with van der Waals surface area (Å²) in [5.41, 5.74) is 0.908. The van der Waals surface area contributed by atoms with E-state index in [0.29, 0.717) is 0 Å². The number of hydrogen-bond donors (Lipinski definition) is 1. The molecule has 1 saturated heterocycles. The average Bonchev–Trinajstić information content (AvgIpc) is 2.47. The van der Waals surface area contributed by atoms with E-state index < -0.39 is 18.2 Å². The molecule has 1 aromatic carbocycles. The molecule has 14 heavy (non-hydrogen) atoms. The molecule has 0 saturated carbocycles. The number of hydrogen-bond acceptors (Lipinski definition) is 3. The van der Waals surface area contributed by atoms with Crippen molar-refractivity contribution in [3.8, 4) is 0 Å². The number of esters is 1. The van der Waals surface area contributed by atoms with Crippen LogP contribution in [0.25, 0.3) is 0 Å². The maximum absolute atomic E-state index is 11.1. The van der Waals surface area contributed by atoms with Crippen molar-refractivity contribution < 1.29 is 14.6 Å². The monoisotopic (exact) mass is 190 g/mol. The third-order valence-corrected chi connectivity index (χ3v) is 2.27. The lowest BCUT2D eigenvalue weighted by Gasteiger charge is -2.12. The molecule has 1 aromatic rings. The SMILES string of the molecule is C=C1C(=O)O[C@@H](c2ccccc2)[C@H]1O. The minimum atomic E-state index is -0.926. The minimum absolute atomic E-state index is 0.124. The van der Waals surface area contributed by atoms with Gasteiger partial charge in [0, 0.05) is 0 Å². The van der Waals surface area contributed by atoms with E-state index in [4.69, 9.17) is 4.74 Å². The summed E-state index contributed by atoms with van der Waals surface area (Å²) in [6, 6.07) is 9.13. The summed E-state index contributed by atoms with van der Waals surface area (Å²) in [5.74, 6) is -0.522.